The monoisotopic (exact) mass is 463 g/mol. The third kappa shape index (κ3) is 3.78. The van der Waals surface area contributed by atoms with Crippen molar-refractivity contribution in [3.8, 4) is 40.2 Å². The molecule has 0 bridgehead atoms. The fourth-order valence-electron chi connectivity index (χ4n) is 3.69. The van der Waals surface area contributed by atoms with Gasteiger partial charge in [-0.2, -0.15) is 10.1 Å². The second-order valence-electron chi connectivity index (χ2n) is 7.52. The molecule has 0 saturated carbocycles. The van der Waals surface area contributed by atoms with Crippen molar-refractivity contribution in [1.29, 1.82) is 0 Å². The number of rotatable bonds is 7. The molecule has 34 heavy (non-hydrogen) atoms. The first-order valence-electron chi connectivity index (χ1n) is 10.4. The smallest absolute Gasteiger partial charge is 0.271 e. The van der Waals surface area contributed by atoms with Crippen LogP contribution in [0.4, 0.5) is 0 Å². The predicted octanol–water partition coefficient (Wildman–Crippen LogP) is 2.18. The molecule has 1 aliphatic heterocycles. The van der Waals surface area contributed by atoms with Gasteiger partial charge in [-0.05, 0) is 24.3 Å². The van der Waals surface area contributed by atoms with Crippen molar-refractivity contribution in [2.45, 2.75) is 5.92 Å². The lowest BCUT2D eigenvalue weighted by Crippen LogP contribution is -2.48. The molecule has 12 heteroatoms. The Morgan fingerprint density at radius 1 is 1.03 bits per heavy atom. The summed E-state index contributed by atoms with van der Waals surface area (Å²) in [5.41, 5.74) is 1.66. The molecular formula is C22H21N7O5. The van der Waals surface area contributed by atoms with Crippen LogP contribution in [0.2, 0.25) is 0 Å². The summed E-state index contributed by atoms with van der Waals surface area (Å²) < 4.78 is 21.5. The summed E-state index contributed by atoms with van der Waals surface area (Å²) in [6.07, 6.45) is 3.22. The number of carbonyl (C=O) groups is 1. The van der Waals surface area contributed by atoms with Gasteiger partial charge in [-0.15, -0.1) is 0 Å². The minimum Gasteiger partial charge on any atom is -0.493 e. The van der Waals surface area contributed by atoms with Crippen LogP contribution < -0.4 is 14.2 Å². The minimum absolute atomic E-state index is 0.0496. The third-order valence-corrected chi connectivity index (χ3v) is 5.49. The SMILES string of the molecule is COc1cc(-c2cc(C(=O)N3CC(c4nc(-c5ncccn5)no4)C3)[nH]n2)cc(OC)c1OC. The molecular weight excluding hydrogens is 442 g/mol. The molecule has 1 amide bonds. The maximum absolute atomic E-state index is 12.9. The molecule has 4 heterocycles. The Morgan fingerprint density at radius 3 is 2.38 bits per heavy atom. The Bertz CT molecular complexity index is 1290. The number of likely N-dealkylation sites (tertiary alicyclic amines) is 1. The van der Waals surface area contributed by atoms with E-state index in [0.29, 0.717) is 64.8 Å². The lowest BCUT2D eigenvalue weighted by molar-refractivity contribution is 0.0563. The van der Waals surface area contributed by atoms with E-state index >= 15 is 0 Å². The summed E-state index contributed by atoms with van der Waals surface area (Å²) in [4.78, 5) is 27.2. The second kappa shape index (κ2) is 8.81. The van der Waals surface area contributed by atoms with Gasteiger partial charge in [-0.3, -0.25) is 9.89 Å². The molecule has 174 valence electrons. The highest BCUT2D eigenvalue weighted by molar-refractivity contribution is 5.94. The summed E-state index contributed by atoms with van der Waals surface area (Å²) in [6.45, 7) is 0.906. The van der Waals surface area contributed by atoms with Crippen LogP contribution in [0.1, 0.15) is 22.3 Å². The van der Waals surface area contributed by atoms with Gasteiger partial charge in [0, 0.05) is 31.0 Å². The first kappa shape index (κ1) is 21.4. The number of nitrogens with zero attached hydrogens (tertiary/aromatic N) is 6. The van der Waals surface area contributed by atoms with Crippen LogP contribution >= 0.6 is 0 Å². The van der Waals surface area contributed by atoms with Crippen molar-refractivity contribution in [2.24, 2.45) is 0 Å². The molecule has 4 aromatic rings. The minimum atomic E-state index is -0.173. The summed E-state index contributed by atoms with van der Waals surface area (Å²) in [7, 11) is 4.62. The number of benzene rings is 1. The summed E-state index contributed by atoms with van der Waals surface area (Å²) in [5, 5.41) is 11.0. The van der Waals surface area contributed by atoms with E-state index in [4.69, 9.17) is 18.7 Å². The number of methoxy groups -OCH3 is 3. The molecule has 0 atom stereocenters. The van der Waals surface area contributed by atoms with Crippen LogP contribution in [0.25, 0.3) is 22.9 Å². The maximum atomic E-state index is 12.9. The Balaban J connectivity index is 1.27. The number of amides is 1. The van der Waals surface area contributed by atoms with E-state index in [2.05, 4.69) is 30.3 Å². The number of nitrogens with one attached hydrogen (secondary N) is 1. The van der Waals surface area contributed by atoms with E-state index in [9.17, 15) is 4.79 Å². The van der Waals surface area contributed by atoms with Gasteiger partial charge in [0.2, 0.25) is 23.3 Å². The number of hydrogen-bond acceptors (Lipinski definition) is 10. The zero-order chi connectivity index (χ0) is 23.7. The molecule has 0 spiro atoms. The number of aromatic nitrogens is 6. The average molecular weight is 463 g/mol. The summed E-state index contributed by atoms with van der Waals surface area (Å²) in [6, 6.07) is 6.94. The van der Waals surface area contributed by atoms with E-state index in [0.717, 1.165) is 0 Å². The summed E-state index contributed by atoms with van der Waals surface area (Å²) in [5.74, 6) is 2.42. The van der Waals surface area contributed by atoms with Gasteiger partial charge in [0.25, 0.3) is 5.91 Å². The quantitative estimate of drug-likeness (QED) is 0.433. The van der Waals surface area contributed by atoms with Crippen molar-refractivity contribution in [2.75, 3.05) is 34.4 Å². The Hall–Kier alpha value is -4.48. The first-order valence-corrected chi connectivity index (χ1v) is 10.4. The van der Waals surface area contributed by atoms with E-state index in [1.807, 2.05) is 0 Å². The van der Waals surface area contributed by atoms with Gasteiger partial charge in [0.05, 0.1) is 32.9 Å². The van der Waals surface area contributed by atoms with Gasteiger partial charge in [0.1, 0.15) is 5.69 Å². The third-order valence-electron chi connectivity index (χ3n) is 5.49. The Kier molecular flexibility index (Phi) is 5.54. The van der Waals surface area contributed by atoms with Crippen molar-refractivity contribution < 1.29 is 23.5 Å². The van der Waals surface area contributed by atoms with Crippen molar-refractivity contribution in [1.82, 2.24) is 35.2 Å². The maximum Gasteiger partial charge on any atom is 0.271 e. The molecule has 0 aliphatic carbocycles. The van der Waals surface area contributed by atoms with E-state index in [1.54, 1.807) is 55.8 Å². The van der Waals surface area contributed by atoms with Crippen LogP contribution in [0.5, 0.6) is 17.2 Å². The van der Waals surface area contributed by atoms with E-state index in [-0.39, 0.29) is 11.8 Å². The number of hydrogen-bond donors (Lipinski definition) is 1. The molecule has 0 unspecified atom stereocenters. The van der Waals surface area contributed by atoms with Crippen molar-refractivity contribution in [3.05, 3.63) is 48.2 Å². The average Bonchev–Trinajstić information content (AvgIpc) is 3.53. The van der Waals surface area contributed by atoms with Gasteiger partial charge >= 0.3 is 0 Å². The van der Waals surface area contributed by atoms with Crippen LogP contribution in [-0.2, 0) is 0 Å². The summed E-state index contributed by atoms with van der Waals surface area (Å²) >= 11 is 0. The molecule has 1 saturated heterocycles. The number of aromatic amines is 1. The van der Waals surface area contributed by atoms with Crippen LogP contribution in [0.15, 0.2) is 41.2 Å². The molecule has 12 nitrogen and oxygen atoms in total. The van der Waals surface area contributed by atoms with E-state index < -0.39 is 0 Å². The van der Waals surface area contributed by atoms with Gasteiger partial charge in [0.15, 0.2) is 11.5 Å². The topological polar surface area (TPSA) is 141 Å². The molecule has 0 radical (unpaired) electrons. The molecule has 5 rings (SSSR count). The fraction of sp³-hybridized carbons (Fsp3) is 0.273. The van der Waals surface area contributed by atoms with Gasteiger partial charge in [-0.25, -0.2) is 9.97 Å². The fourth-order valence-corrected chi connectivity index (χ4v) is 3.69. The normalized spacial score (nSPS) is 13.4. The van der Waals surface area contributed by atoms with Crippen molar-refractivity contribution >= 4 is 5.91 Å². The van der Waals surface area contributed by atoms with Gasteiger partial charge in [-0.1, -0.05) is 5.16 Å². The van der Waals surface area contributed by atoms with Crippen LogP contribution in [0.3, 0.4) is 0 Å². The zero-order valence-electron chi connectivity index (χ0n) is 18.7. The molecule has 1 aromatic carbocycles. The highest BCUT2D eigenvalue weighted by Gasteiger charge is 2.37. The molecule has 1 N–H and O–H groups in total. The number of ether oxygens (including phenoxy) is 3. The van der Waals surface area contributed by atoms with Crippen LogP contribution in [-0.4, -0.2) is 75.5 Å². The highest BCUT2D eigenvalue weighted by atomic mass is 16.5. The van der Waals surface area contributed by atoms with Gasteiger partial charge < -0.3 is 23.6 Å². The Labute approximate surface area is 193 Å². The molecule has 1 fully saturated rings. The lowest BCUT2D eigenvalue weighted by atomic mass is 9.99. The second-order valence-corrected chi connectivity index (χ2v) is 7.52. The van der Waals surface area contributed by atoms with E-state index in [1.165, 1.54) is 7.11 Å². The largest absolute Gasteiger partial charge is 0.493 e. The first-order chi connectivity index (χ1) is 16.6. The van der Waals surface area contributed by atoms with Crippen LogP contribution in [0, 0.1) is 0 Å². The standard InChI is InChI=1S/C22H21N7O5/c1-31-16-7-12(8-17(32-2)18(16)33-3)14-9-15(27-26-14)22(30)29-10-13(11-29)21-25-20(28-34-21)19-23-5-4-6-24-19/h4-9,13H,10-11H2,1-3H3,(H,26,27). The number of carbonyl (C=O) groups excluding carboxylic acids is 1. The molecule has 3 aromatic heterocycles. The Morgan fingerprint density at radius 2 is 1.74 bits per heavy atom. The molecule has 1 aliphatic rings. The lowest BCUT2D eigenvalue weighted by Gasteiger charge is -2.36. The predicted molar refractivity (Wildman–Crippen MR) is 118 cm³/mol. The highest BCUT2D eigenvalue weighted by Crippen LogP contribution is 2.41. The van der Waals surface area contributed by atoms with Crippen molar-refractivity contribution in [3.63, 3.8) is 0 Å². The number of H-pyrrole nitrogens is 1. The zero-order valence-corrected chi connectivity index (χ0v) is 18.7.